The van der Waals surface area contributed by atoms with Crippen LogP contribution in [0, 0.1) is 0 Å². The van der Waals surface area contributed by atoms with Crippen LogP contribution in [-0.2, 0) is 22.6 Å². The van der Waals surface area contributed by atoms with E-state index in [9.17, 15) is 14.7 Å². The minimum Gasteiger partial charge on any atom is -0.497 e. The van der Waals surface area contributed by atoms with E-state index < -0.39 is 18.1 Å². The van der Waals surface area contributed by atoms with E-state index in [0.29, 0.717) is 5.75 Å². The molecule has 2 N–H and O–H groups in total. The highest BCUT2D eigenvalue weighted by Gasteiger charge is 2.21. The van der Waals surface area contributed by atoms with Crippen molar-refractivity contribution in [2.75, 3.05) is 7.11 Å². The van der Waals surface area contributed by atoms with Gasteiger partial charge in [-0.1, -0.05) is 42.5 Å². The number of carboxylic acid groups (broad SMARTS) is 1. The second-order valence-electron chi connectivity index (χ2n) is 5.15. The summed E-state index contributed by atoms with van der Waals surface area (Å²) in [4.78, 5) is 23.1. The molecule has 126 valence electrons. The highest BCUT2D eigenvalue weighted by molar-refractivity contribution is 5.80. The van der Waals surface area contributed by atoms with Gasteiger partial charge in [0, 0.05) is 6.42 Å². The average Bonchev–Trinajstić information content (AvgIpc) is 2.61. The van der Waals surface area contributed by atoms with Gasteiger partial charge in [-0.3, -0.25) is 0 Å². The molecule has 0 aliphatic heterocycles. The molecule has 0 aliphatic rings. The molecule has 1 atom stereocenters. The summed E-state index contributed by atoms with van der Waals surface area (Å²) in [5, 5.41) is 11.6. The number of methoxy groups -OCH3 is 1. The standard InChI is InChI=1S/C18H19NO5/c1-23-15-9-7-13(8-10-15)11-16(17(20)21)19-18(22)24-12-14-5-3-2-4-6-14/h2-10,16H,11-12H2,1H3,(H,19,22)(H,20,21)/t16-/m0/s1. The van der Waals surface area contributed by atoms with Crippen LogP contribution in [0.4, 0.5) is 4.79 Å². The van der Waals surface area contributed by atoms with Crippen molar-refractivity contribution in [3.63, 3.8) is 0 Å². The maximum Gasteiger partial charge on any atom is 0.408 e. The van der Waals surface area contributed by atoms with Crippen molar-refractivity contribution < 1.29 is 24.2 Å². The molecular formula is C18H19NO5. The molecular weight excluding hydrogens is 310 g/mol. The minimum absolute atomic E-state index is 0.0849. The number of alkyl carbamates (subject to hydrolysis) is 1. The highest BCUT2D eigenvalue weighted by Crippen LogP contribution is 2.13. The first-order valence-electron chi connectivity index (χ1n) is 7.41. The molecule has 0 saturated heterocycles. The Labute approximate surface area is 140 Å². The molecule has 0 bridgehead atoms. The van der Waals surface area contributed by atoms with E-state index in [0.717, 1.165) is 11.1 Å². The summed E-state index contributed by atoms with van der Waals surface area (Å²) in [7, 11) is 1.55. The zero-order valence-corrected chi connectivity index (χ0v) is 13.3. The van der Waals surface area contributed by atoms with Crippen LogP contribution >= 0.6 is 0 Å². The van der Waals surface area contributed by atoms with Crippen molar-refractivity contribution in [2.24, 2.45) is 0 Å². The van der Waals surface area contributed by atoms with Gasteiger partial charge < -0.3 is 19.9 Å². The maximum absolute atomic E-state index is 11.8. The smallest absolute Gasteiger partial charge is 0.408 e. The van der Waals surface area contributed by atoms with E-state index in [1.165, 1.54) is 0 Å². The lowest BCUT2D eigenvalue weighted by atomic mass is 10.1. The molecule has 0 heterocycles. The molecule has 0 unspecified atom stereocenters. The predicted octanol–water partition coefficient (Wildman–Crippen LogP) is 2.62. The minimum atomic E-state index is -1.12. The van der Waals surface area contributed by atoms with Crippen molar-refractivity contribution in [3.8, 4) is 5.75 Å². The lowest BCUT2D eigenvalue weighted by Gasteiger charge is -2.15. The Bertz CT molecular complexity index is 670. The third-order valence-corrected chi connectivity index (χ3v) is 3.40. The summed E-state index contributed by atoms with van der Waals surface area (Å²) >= 11 is 0. The summed E-state index contributed by atoms with van der Waals surface area (Å²) in [6.07, 6.45) is -0.612. The Hall–Kier alpha value is -3.02. The van der Waals surface area contributed by atoms with Crippen LogP contribution in [0.25, 0.3) is 0 Å². The number of aliphatic carboxylic acids is 1. The fourth-order valence-electron chi connectivity index (χ4n) is 2.10. The fourth-order valence-corrected chi connectivity index (χ4v) is 2.10. The molecule has 0 aromatic heterocycles. The van der Waals surface area contributed by atoms with Crippen molar-refractivity contribution in [1.82, 2.24) is 5.32 Å². The monoisotopic (exact) mass is 329 g/mol. The summed E-state index contributed by atoms with van der Waals surface area (Å²) in [5.74, 6) is -0.441. The largest absolute Gasteiger partial charge is 0.497 e. The number of carbonyl (C=O) groups is 2. The molecule has 0 aliphatic carbocycles. The second-order valence-corrected chi connectivity index (χ2v) is 5.15. The predicted molar refractivity (Wildman–Crippen MR) is 87.9 cm³/mol. The van der Waals surface area contributed by atoms with Gasteiger partial charge in [-0.15, -0.1) is 0 Å². The summed E-state index contributed by atoms with van der Waals surface area (Å²) in [5.41, 5.74) is 1.60. The van der Waals surface area contributed by atoms with Crippen molar-refractivity contribution in [2.45, 2.75) is 19.1 Å². The Morgan fingerprint density at radius 2 is 1.71 bits per heavy atom. The van der Waals surface area contributed by atoms with Gasteiger partial charge in [0.1, 0.15) is 18.4 Å². The lowest BCUT2D eigenvalue weighted by molar-refractivity contribution is -0.139. The van der Waals surface area contributed by atoms with Crippen LogP contribution < -0.4 is 10.1 Å². The van der Waals surface area contributed by atoms with Crippen molar-refractivity contribution >= 4 is 12.1 Å². The van der Waals surface area contributed by atoms with Gasteiger partial charge >= 0.3 is 12.1 Å². The maximum atomic E-state index is 11.8. The SMILES string of the molecule is COc1ccc(C[C@H](NC(=O)OCc2ccccc2)C(=O)O)cc1. The molecule has 24 heavy (non-hydrogen) atoms. The zero-order valence-electron chi connectivity index (χ0n) is 13.3. The molecule has 0 spiro atoms. The topological polar surface area (TPSA) is 84.9 Å². The van der Waals surface area contributed by atoms with Gasteiger partial charge in [0.15, 0.2) is 0 Å². The number of ether oxygens (including phenoxy) is 2. The van der Waals surface area contributed by atoms with E-state index in [2.05, 4.69) is 5.32 Å². The number of amides is 1. The van der Waals surface area contributed by atoms with E-state index in [1.807, 2.05) is 30.3 Å². The molecule has 6 nitrogen and oxygen atoms in total. The lowest BCUT2D eigenvalue weighted by Crippen LogP contribution is -2.42. The molecule has 0 fully saturated rings. The summed E-state index contributed by atoms with van der Waals surface area (Å²) in [6.45, 7) is 0.0849. The van der Waals surface area contributed by atoms with Crippen LogP contribution in [0.5, 0.6) is 5.75 Å². The average molecular weight is 329 g/mol. The molecule has 0 radical (unpaired) electrons. The third kappa shape index (κ3) is 5.31. The van der Waals surface area contributed by atoms with Crippen LogP contribution in [0.2, 0.25) is 0 Å². The first-order valence-corrected chi connectivity index (χ1v) is 7.41. The van der Waals surface area contributed by atoms with Crippen LogP contribution in [-0.4, -0.2) is 30.3 Å². The summed E-state index contributed by atoms with van der Waals surface area (Å²) < 4.78 is 10.1. The van der Waals surface area contributed by atoms with Gasteiger partial charge in [0.05, 0.1) is 7.11 Å². The Kier molecular flexibility index (Phi) is 6.19. The summed E-state index contributed by atoms with van der Waals surface area (Å²) in [6, 6.07) is 15.1. The normalized spacial score (nSPS) is 11.4. The number of carboxylic acids is 1. The zero-order chi connectivity index (χ0) is 17.4. The number of benzene rings is 2. The van der Waals surface area contributed by atoms with Gasteiger partial charge in [0.25, 0.3) is 0 Å². The van der Waals surface area contributed by atoms with Crippen LogP contribution in [0.3, 0.4) is 0 Å². The first-order chi connectivity index (χ1) is 11.6. The van der Waals surface area contributed by atoms with Crippen LogP contribution in [0.15, 0.2) is 54.6 Å². The number of hydrogen-bond acceptors (Lipinski definition) is 4. The highest BCUT2D eigenvalue weighted by atomic mass is 16.5. The van der Waals surface area contributed by atoms with E-state index >= 15 is 0 Å². The molecule has 0 saturated carbocycles. The molecule has 6 heteroatoms. The Morgan fingerprint density at radius 3 is 2.29 bits per heavy atom. The molecule has 2 rings (SSSR count). The quantitative estimate of drug-likeness (QED) is 0.815. The van der Waals surface area contributed by atoms with E-state index in [-0.39, 0.29) is 13.0 Å². The van der Waals surface area contributed by atoms with Gasteiger partial charge in [-0.2, -0.15) is 0 Å². The fraction of sp³-hybridized carbons (Fsp3) is 0.222. The molecule has 1 amide bonds. The van der Waals surface area contributed by atoms with Gasteiger partial charge in [0.2, 0.25) is 0 Å². The van der Waals surface area contributed by atoms with E-state index in [1.54, 1.807) is 31.4 Å². The first kappa shape index (κ1) is 17.3. The van der Waals surface area contributed by atoms with Crippen molar-refractivity contribution in [3.05, 3.63) is 65.7 Å². The number of nitrogens with one attached hydrogen (secondary N) is 1. The molecule has 2 aromatic carbocycles. The number of rotatable bonds is 7. The Morgan fingerprint density at radius 1 is 1.04 bits per heavy atom. The van der Waals surface area contributed by atoms with Crippen molar-refractivity contribution in [1.29, 1.82) is 0 Å². The second kappa shape index (κ2) is 8.57. The van der Waals surface area contributed by atoms with Gasteiger partial charge in [-0.25, -0.2) is 9.59 Å². The number of carbonyl (C=O) groups excluding carboxylic acids is 1. The van der Waals surface area contributed by atoms with Gasteiger partial charge in [-0.05, 0) is 23.3 Å². The number of hydrogen-bond donors (Lipinski definition) is 2. The van der Waals surface area contributed by atoms with E-state index in [4.69, 9.17) is 9.47 Å². The third-order valence-electron chi connectivity index (χ3n) is 3.40. The Balaban J connectivity index is 1.90. The van der Waals surface area contributed by atoms with Crippen LogP contribution in [0.1, 0.15) is 11.1 Å². The molecule has 2 aromatic rings.